The first-order valence-corrected chi connectivity index (χ1v) is 7.98. The molecule has 0 atom stereocenters. The second-order valence-electron chi connectivity index (χ2n) is 6.18. The highest BCUT2D eigenvalue weighted by atomic mass is 16.4. The number of H-pyrrole nitrogens is 1. The summed E-state index contributed by atoms with van der Waals surface area (Å²) in [4.78, 5) is 23.3. The van der Waals surface area contributed by atoms with Gasteiger partial charge in [-0.2, -0.15) is 0 Å². The molecule has 1 fully saturated rings. The number of nitrogens with one attached hydrogen (secondary N) is 1. The summed E-state index contributed by atoms with van der Waals surface area (Å²) in [6.45, 7) is 1.88. The van der Waals surface area contributed by atoms with Gasteiger partial charge in [0.1, 0.15) is 5.82 Å². The van der Waals surface area contributed by atoms with Crippen molar-refractivity contribution in [3.8, 4) is 22.6 Å². The molecule has 2 heterocycles. The molecule has 0 radical (unpaired) electrons. The lowest BCUT2D eigenvalue weighted by Crippen LogP contribution is -1.98. The van der Waals surface area contributed by atoms with Gasteiger partial charge in [-0.25, -0.2) is 9.78 Å². The molecular formula is C19H17N3O2. The Bertz CT molecular complexity index is 909. The van der Waals surface area contributed by atoms with Crippen molar-refractivity contribution in [3.05, 3.63) is 59.5 Å². The quantitative estimate of drug-likeness (QED) is 0.761. The maximum Gasteiger partial charge on any atom is 0.335 e. The molecule has 0 bridgehead atoms. The van der Waals surface area contributed by atoms with Crippen molar-refractivity contribution >= 4 is 5.97 Å². The molecule has 3 aromatic rings. The topological polar surface area (TPSA) is 78.9 Å². The number of hydrogen-bond acceptors (Lipinski definition) is 3. The molecular weight excluding hydrogens is 302 g/mol. The van der Waals surface area contributed by atoms with Crippen LogP contribution in [0.15, 0.2) is 42.6 Å². The normalized spacial score (nSPS) is 13.9. The number of pyridine rings is 1. The van der Waals surface area contributed by atoms with Crippen LogP contribution < -0.4 is 0 Å². The molecule has 5 nitrogen and oxygen atoms in total. The predicted molar refractivity (Wildman–Crippen MR) is 90.9 cm³/mol. The number of nitrogens with zero attached hydrogens (tertiary/aromatic N) is 2. The summed E-state index contributed by atoms with van der Waals surface area (Å²) in [5.41, 5.74) is 4.71. The fourth-order valence-electron chi connectivity index (χ4n) is 2.92. The Morgan fingerprint density at radius 1 is 1.21 bits per heavy atom. The van der Waals surface area contributed by atoms with Crippen molar-refractivity contribution in [1.29, 1.82) is 0 Å². The minimum absolute atomic E-state index is 0.210. The van der Waals surface area contributed by atoms with Gasteiger partial charge < -0.3 is 10.1 Å². The van der Waals surface area contributed by atoms with Crippen molar-refractivity contribution in [3.63, 3.8) is 0 Å². The van der Waals surface area contributed by atoms with E-state index in [1.54, 1.807) is 6.07 Å². The standard InChI is InChI=1S/C19H17N3O2/c1-11-21-17(14-6-4-13(5-7-14)12-2-3-12)18(22-11)16-10-15(19(23)24)8-9-20-16/h4-10,12H,2-3H2,1H3,(H,21,22)(H,23,24). The van der Waals surface area contributed by atoms with Gasteiger partial charge in [0.05, 0.1) is 22.6 Å². The smallest absolute Gasteiger partial charge is 0.335 e. The number of rotatable bonds is 4. The molecule has 0 aliphatic heterocycles. The third-order valence-electron chi connectivity index (χ3n) is 4.32. The fourth-order valence-corrected chi connectivity index (χ4v) is 2.92. The van der Waals surface area contributed by atoms with E-state index in [9.17, 15) is 9.90 Å². The van der Waals surface area contributed by atoms with Gasteiger partial charge in [0, 0.05) is 11.8 Å². The third-order valence-corrected chi connectivity index (χ3v) is 4.32. The highest BCUT2D eigenvalue weighted by Crippen LogP contribution is 2.40. The van der Waals surface area contributed by atoms with E-state index in [2.05, 4.69) is 39.2 Å². The van der Waals surface area contributed by atoms with Crippen LogP contribution in [-0.4, -0.2) is 26.0 Å². The Kier molecular flexibility index (Phi) is 3.41. The van der Waals surface area contributed by atoms with Crippen molar-refractivity contribution in [1.82, 2.24) is 15.0 Å². The van der Waals surface area contributed by atoms with E-state index >= 15 is 0 Å². The van der Waals surface area contributed by atoms with Crippen LogP contribution >= 0.6 is 0 Å². The molecule has 1 aliphatic rings. The first-order chi connectivity index (χ1) is 11.6. The van der Waals surface area contributed by atoms with E-state index in [0.29, 0.717) is 11.6 Å². The number of imidazole rings is 1. The molecule has 2 N–H and O–H groups in total. The van der Waals surface area contributed by atoms with E-state index < -0.39 is 5.97 Å². The molecule has 120 valence electrons. The lowest BCUT2D eigenvalue weighted by atomic mass is 10.0. The zero-order chi connectivity index (χ0) is 16.7. The van der Waals surface area contributed by atoms with Gasteiger partial charge in [0.25, 0.3) is 0 Å². The van der Waals surface area contributed by atoms with Crippen LogP contribution in [0.25, 0.3) is 22.6 Å². The van der Waals surface area contributed by atoms with Gasteiger partial charge in [-0.3, -0.25) is 4.98 Å². The summed E-state index contributed by atoms with van der Waals surface area (Å²) in [6, 6.07) is 11.5. The summed E-state index contributed by atoms with van der Waals surface area (Å²) < 4.78 is 0. The van der Waals surface area contributed by atoms with Gasteiger partial charge in [-0.15, -0.1) is 0 Å². The second kappa shape index (κ2) is 5.60. The predicted octanol–water partition coefficient (Wildman–Crippen LogP) is 4.02. The summed E-state index contributed by atoms with van der Waals surface area (Å²) in [6.07, 6.45) is 4.06. The molecule has 1 aromatic carbocycles. The molecule has 24 heavy (non-hydrogen) atoms. The minimum Gasteiger partial charge on any atom is -0.478 e. The Balaban J connectivity index is 1.77. The van der Waals surface area contributed by atoms with Crippen LogP contribution in [-0.2, 0) is 0 Å². The van der Waals surface area contributed by atoms with Crippen LogP contribution in [0.4, 0.5) is 0 Å². The summed E-state index contributed by atoms with van der Waals surface area (Å²) in [5, 5.41) is 9.18. The van der Waals surface area contributed by atoms with Crippen molar-refractivity contribution in [2.45, 2.75) is 25.7 Å². The SMILES string of the molecule is Cc1nc(-c2ccc(C3CC3)cc2)c(-c2cc(C(=O)O)ccn2)[nH]1. The van der Waals surface area contributed by atoms with Crippen LogP contribution in [0.3, 0.4) is 0 Å². The highest BCUT2D eigenvalue weighted by Gasteiger charge is 2.23. The van der Waals surface area contributed by atoms with Crippen molar-refractivity contribution < 1.29 is 9.90 Å². The van der Waals surface area contributed by atoms with Crippen LogP contribution in [0.1, 0.15) is 40.5 Å². The number of aromatic nitrogens is 3. The van der Waals surface area contributed by atoms with Gasteiger partial charge in [-0.05, 0) is 43.4 Å². The number of aromatic carboxylic acids is 1. The Labute approximate surface area is 139 Å². The van der Waals surface area contributed by atoms with Gasteiger partial charge in [-0.1, -0.05) is 24.3 Å². The summed E-state index contributed by atoms with van der Waals surface area (Å²) >= 11 is 0. The number of aromatic amines is 1. The van der Waals surface area contributed by atoms with Crippen molar-refractivity contribution in [2.75, 3.05) is 0 Å². The summed E-state index contributed by atoms with van der Waals surface area (Å²) in [7, 11) is 0. The summed E-state index contributed by atoms with van der Waals surface area (Å²) in [5.74, 6) is 0.521. The molecule has 0 spiro atoms. The monoisotopic (exact) mass is 319 g/mol. The first-order valence-electron chi connectivity index (χ1n) is 7.98. The molecule has 4 rings (SSSR count). The number of carboxylic acid groups (broad SMARTS) is 1. The number of carbonyl (C=O) groups is 1. The Morgan fingerprint density at radius 2 is 1.96 bits per heavy atom. The van der Waals surface area contributed by atoms with Gasteiger partial charge >= 0.3 is 5.97 Å². The van der Waals surface area contributed by atoms with E-state index in [4.69, 9.17) is 0 Å². The van der Waals surface area contributed by atoms with E-state index in [-0.39, 0.29) is 5.56 Å². The molecule has 0 saturated heterocycles. The maximum absolute atomic E-state index is 11.2. The molecule has 2 aromatic heterocycles. The first kappa shape index (κ1) is 14.6. The van der Waals surface area contributed by atoms with Crippen LogP contribution in [0.5, 0.6) is 0 Å². The highest BCUT2D eigenvalue weighted by molar-refractivity contribution is 5.89. The molecule has 0 amide bonds. The van der Waals surface area contributed by atoms with Gasteiger partial charge in [0.2, 0.25) is 0 Å². The van der Waals surface area contributed by atoms with Crippen LogP contribution in [0, 0.1) is 6.92 Å². The lowest BCUT2D eigenvalue weighted by Gasteiger charge is -2.05. The zero-order valence-electron chi connectivity index (χ0n) is 13.3. The van der Waals surface area contributed by atoms with Gasteiger partial charge in [0.15, 0.2) is 0 Å². The average Bonchev–Trinajstić information content (AvgIpc) is 3.37. The van der Waals surface area contributed by atoms with E-state index in [0.717, 1.165) is 22.8 Å². The second-order valence-corrected chi connectivity index (χ2v) is 6.18. The molecule has 0 unspecified atom stereocenters. The number of carboxylic acids is 1. The molecule has 1 aliphatic carbocycles. The molecule has 5 heteroatoms. The Morgan fingerprint density at radius 3 is 2.62 bits per heavy atom. The Hall–Kier alpha value is -2.95. The zero-order valence-corrected chi connectivity index (χ0v) is 13.3. The van der Waals surface area contributed by atoms with Crippen molar-refractivity contribution in [2.24, 2.45) is 0 Å². The van der Waals surface area contributed by atoms with E-state index in [1.165, 1.54) is 30.7 Å². The number of benzene rings is 1. The molecule has 1 saturated carbocycles. The largest absolute Gasteiger partial charge is 0.478 e. The average molecular weight is 319 g/mol. The van der Waals surface area contributed by atoms with E-state index in [1.807, 2.05) is 6.92 Å². The maximum atomic E-state index is 11.2. The number of hydrogen-bond donors (Lipinski definition) is 2. The number of aryl methyl sites for hydroxylation is 1. The lowest BCUT2D eigenvalue weighted by molar-refractivity contribution is 0.0697. The fraction of sp³-hybridized carbons (Fsp3) is 0.211. The minimum atomic E-state index is -0.967. The van der Waals surface area contributed by atoms with Crippen LogP contribution in [0.2, 0.25) is 0 Å². The third kappa shape index (κ3) is 2.69.